The second-order valence-corrected chi connectivity index (χ2v) is 6.19. The molecule has 0 unspecified atom stereocenters. The van der Waals surface area contributed by atoms with Gasteiger partial charge in [-0.2, -0.15) is 5.10 Å². The zero-order valence-corrected chi connectivity index (χ0v) is 14.4. The lowest BCUT2D eigenvalue weighted by atomic mass is 10.1. The highest BCUT2D eigenvalue weighted by Crippen LogP contribution is 2.16. The molecule has 0 atom stereocenters. The van der Waals surface area contributed by atoms with Gasteiger partial charge < -0.3 is 4.90 Å². The first-order valence-corrected chi connectivity index (χ1v) is 7.91. The number of aromatic nitrogens is 2. The fourth-order valence-corrected chi connectivity index (χ4v) is 2.78. The van der Waals surface area contributed by atoms with E-state index in [1.165, 1.54) is 27.8 Å². The number of hydrogen-bond donors (Lipinski definition) is 0. The predicted molar refractivity (Wildman–Crippen MR) is 94.2 cm³/mol. The number of carbonyl (C=O) groups excluding carboxylic acids is 1. The molecule has 0 saturated heterocycles. The van der Waals surface area contributed by atoms with Crippen LogP contribution in [0.1, 0.15) is 16.1 Å². The highest BCUT2D eigenvalue weighted by molar-refractivity contribution is 6.31. The van der Waals surface area contributed by atoms with Gasteiger partial charge in [-0.15, -0.1) is 0 Å². The summed E-state index contributed by atoms with van der Waals surface area (Å²) in [5.41, 5.74) is 0.693. The standard InChI is InChI=1S/C18H15ClFN3O2/c1-22(10-11-3-6-13(20)7-4-11)18(25)16-17(24)14-9-12(19)5-8-15(14)23(2)21-16/h3-9H,10H2,1-2H3. The molecule has 0 saturated carbocycles. The smallest absolute Gasteiger partial charge is 0.278 e. The van der Waals surface area contributed by atoms with Crippen LogP contribution in [0.25, 0.3) is 10.9 Å². The van der Waals surface area contributed by atoms with Crippen molar-refractivity contribution in [2.75, 3.05) is 7.05 Å². The van der Waals surface area contributed by atoms with E-state index in [1.54, 1.807) is 38.4 Å². The van der Waals surface area contributed by atoms with E-state index in [1.807, 2.05) is 0 Å². The number of rotatable bonds is 3. The molecule has 0 bridgehead atoms. The van der Waals surface area contributed by atoms with Crippen LogP contribution in [0.3, 0.4) is 0 Å². The Hall–Kier alpha value is -2.73. The van der Waals surface area contributed by atoms with Crippen LogP contribution < -0.4 is 5.43 Å². The number of benzene rings is 2. The molecule has 0 fully saturated rings. The molecule has 128 valence electrons. The molecule has 0 radical (unpaired) electrons. The van der Waals surface area contributed by atoms with Crippen LogP contribution in [0.15, 0.2) is 47.3 Å². The number of carbonyl (C=O) groups is 1. The van der Waals surface area contributed by atoms with Gasteiger partial charge in [-0.05, 0) is 35.9 Å². The number of aryl methyl sites for hydroxylation is 1. The van der Waals surface area contributed by atoms with Gasteiger partial charge in [-0.25, -0.2) is 4.39 Å². The number of halogens is 2. The van der Waals surface area contributed by atoms with Crippen molar-refractivity contribution in [2.24, 2.45) is 7.05 Å². The molecule has 0 N–H and O–H groups in total. The molecule has 7 heteroatoms. The van der Waals surface area contributed by atoms with E-state index in [-0.39, 0.29) is 18.1 Å². The van der Waals surface area contributed by atoms with Gasteiger partial charge in [0.05, 0.1) is 10.9 Å². The number of nitrogens with zero attached hydrogens (tertiary/aromatic N) is 3. The van der Waals surface area contributed by atoms with Crippen molar-refractivity contribution in [1.82, 2.24) is 14.7 Å². The second-order valence-electron chi connectivity index (χ2n) is 5.75. The topological polar surface area (TPSA) is 55.2 Å². The van der Waals surface area contributed by atoms with Crippen LogP contribution in [0.5, 0.6) is 0 Å². The quantitative estimate of drug-likeness (QED) is 0.722. The fraction of sp³-hybridized carbons (Fsp3) is 0.167. The third-order valence-electron chi connectivity index (χ3n) is 3.90. The van der Waals surface area contributed by atoms with Crippen molar-refractivity contribution in [2.45, 2.75) is 6.54 Å². The van der Waals surface area contributed by atoms with E-state index in [9.17, 15) is 14.0 Å². The molecular weight excluding hydrogens is 345 g/mol. The normalized spacial score (nSPS) is 10.9. The first-order chi connectivity index (χ1) is 11.9. The fourth-order valence-electron chi connectivity index (χ4n) is 2.61. The maximum absolute atomic E-state index is 13.0. The summed E-state index contributed by atoms with van der Waals surface area (Å²) in [5.74, 6) is -0.855. The number of fused-ring (bicyclic) bond motifs is 1. The van der Waals surface area contributed by atoms with Crippen molar-refractivity contribution in [3.63, 3.8) is 0 Å². The van der Waals surface area contributed by atoms with Crippen molar-refractivity contribution in [3.05, 3.63) is 74.8 Å². The second kappa shape index (κ2) is 6.64. The summed E-state index contributed by atoms with van der Waals surface area (Å²) in [5, 5.41) is 4.86. The summed E-state index contributed by atoms with van der Waals surface area (Å²) in [6.45, 7) is 0.234. The molecule has 1 amide bonds. The Balaban J connectivity index is 1.97. The maximum atomic E-state index is 13.0. The van der Waals surface area contributed by atoms with E-state index in [0.717, 1.165) is 5.56 Å². The van der Waals surface area contributed by atoms with E-state index in [0.29, 0.717) is 15.9 Å². The largest absolute Gasteiger partial charge is 0.336 e. The van der Waals surface area contributed by atoms with Gasteiger partial charge in [0.25, 0.3) is 5.91 Å². The van der Waals surface area contributed by atoms with Gasteiger partial charge >= 0.3 is 0 Å². The zero-order chi connectivity index (χ0) is 18.1. The Morgan fingerprint density at radius 2 is 1.92 bits per heavy atom. The van der Waals surface area contributed by atoms with E-state index in [4.69, 9.17) is 11.6 Å². The Labute approximate surface area is 148 Å². The molecule has 0 aliphatic rings. The predicted octanol–water partition coefficient (Wildman–Crippen LogP) is 3.00. The molecule has 25 heavy (non-hydrogen) atoms. The average Bonchev–Trinajstić information content (AvgIpc) is 2.59. The molecule has 0 aliphatic carbocycles. The lowest BCUT2D eigenvalue weighted by Gasteiger charge is -2.17. The van der Waals surface area contributed by atoms with Crippen LogP contribution in [0.4, 0.5) is 4.39 Å². The van der Waals surface area contributed by atoms with Crippen LogP contribution in [-0.4, -0.2) is 27.6 Å². The van der Waals surface area contributed by atoms with Crippen molar-refractivity contribution < 1.29 is 9.18 Å². The molecule has 1 aromatic heterocycles. The Kier molecular flexibility index (Phi) is 4.55. The van der Waals surface area contributed by atoms with E-state index < -0.39 is 11.3 Å². The Morgan fingerprint density at radius 3 is 2.60 bits per heavy atom. The molecule has 3 aromatic rings. The van der Waals surface area contributed by atoms with E-state index in [2.05, 4.69) is 5.10 Å². The molecule has 3 rings (SSSR count). The third kappa shape index (κ3) is 3.39. The zero-order valence-electron chi connectivity index (χ0n) is 13.7. The molecule has 5 nitrogen and oxygen atoms in total. The molecule has 0 aliphatic heterocycles. The van der Waals surface area contributed by atoms with E-state index >= 15 is 0 Å². The highest BCUT2D eigenvalue weighted by atomic mass is 35.5. The van der Waals surface area contributed by atoms with Gasteiger partial charge in [-0.3, -0.25) is 14.3 Å². The van der Waals surface area contributed by atoms with Crippen molar-refractivity contribution in [1.29, 1.82) is 0 Å². The van der Waals surface area contributed by atoms with Gasteiger partial charge in [0.1, 0.15) is 5.82 Å². The SMILES string of the molecule is CN(Cc1ccc(F)cc1)C(=O)c1nn(C)c2ccc(Cl)cc2c1=O. The summed E-state index contributed by atoms with van der Waals surface area (Å²) < 4.78 is 14.5. The first-order valence-electron chi connectivity index (χ1n) is 7.53. The minimum Gasteiger partial charge on any atom is -0.336 e. The average molecular weight is 360 g/mol. The Bertz CT molecular complexity index is 1020. The minimum absolute atomic E-state index is 0.179. The number of hydrogen-bond acceptors (Lipinski definition) is 3. The van der Waals surface area contributed by atoms with Crippen LogP contribution in [-0.2, 0) is 13.6 Å². The van der Waals surface area contributed by atoms with Crippen molar-refractivity contribution in [3.8, 4) is 0 Å². The first kappa shape index (κ1) is 17.1. The van der Waals surface area contributed by atoms with Crippen LogP contribution in [0, 0.1) is 5.82 Å². The summed E-state index contributed by atoms with van der Waals surface area (Å²) in [4.78, 5) is 26.7. The summed E-state index contributed by atoms with van der Waals surface area (Å²) in [6.07, 6.45) is 0. The number of amides is 1. The van der Waals surface area contributed by atoms with Gasteiger partial charge in [-0.1, -0.05) is 23.7 Å². The third-order valence-corrected chi connectivity index (χ3v) is 4.13. The lowest BCUT2D eigenvalue weighted by molar-refractivity contribution is 0.0776. The van der Waals surface area contributed by atoms with Crippen molar-refractivity contribution >= 4 is 28.4 Å². The lowest BCUT2D eigenvalue weighted by Crippen LogP contribution is -2.33. The Morgan fingerprint density at radius 1 is 1.24 bits per heavy atom. The summed E-state index contributed by atoms with van der Waals surface area (Å²) in [7, 11) is 3.22. The molecule has 1 heterocycles. The molecule has 2 aromatic carbocycles. The monoisotopic (exact) mass is 359 g/mol. The van der Waals surface area contributed by atoms with Gasteiger partial charge in [0.15, 0.2) is 5.69 Å². The highest BCUT2D eigenvalue weighted by Gasteiger charge is 2.20. The maximum Gasteiger partial charge on any atom is 0.278 e. The van der Waals surface area contributed by atoms with Crippen LogP contribution >= 0.6 is 11.6 Å². The molecule has 0 spiro atoms. The summed E-state index contributed by atoms with van der Waals surface area (Å²) in [6, 6.07) is 10.7. The van der Waals surface area contributed by atoms with Gasteiger partial charge in [0.2, 0.25) is 5.43 Å². The van der Waals surface area contributed by atoms with Crippen LogP contribution in [0.2, 0.25) is 5.02 Å². The summed E-state index contributed by atoms with van der Waals surface area (Å²) >= 11 is 5.96. The molecular formula is C18H15ClFN3O2. The minimum atomic E-state index is -0.508. The van der Waals surface area contributed by atoms with Gasteiger partial charge in [0, 0.05) is 25.7 Å².